The van der Waals surface area contributed by atoms with Crippen LogP contribution in [-0.4, -0.2) is 72.0 Å². The Morgan fingerprint density at radius 2 is 0.663 bits per heavy atom. The number of nitrogens with two attached hydrogens (primary N) is 1. The molecule has 95 heavy (non-hydrogen) atoms. The summed E-state index contributed by atoms with van der Waals surface area (Å²) in [6.45, 7) is 17.0. The molecular weight excluding hydrogens is 1380 g/mol. The Hall–Kier alpha value is -5.07. The maximum Gasteiger partial charge on any atom is 1.00 e. The van der Waals surface area contributed by atoms with Crippen molar-refractivity contribution in [2.24, 2.45) is 5.73 Å². The second kappa shape index (κ2) is 35.1. The molecule has 0 aliphatic rings. The number of benzene rings is 9. The fourth-order valence-corrected chi connectivity index (χ4v) is 20.9. The third kappa shape index (κ3) is 18.8. The van der Waals surface area contributed by atoms with Crippen LogP contribution < -0.4 is 88.9 Å². The molecule has 1 radical (unpaired) electrons. The molecule has 0 aliphatic carbocycles. The topological polar surface area (TPSA) is 243 Å². The number of hydrogen-bond acceptors (Lipinski definition) is 13. The number of carbonyl (C=O) groups excluding carboxylic acids is 3. The minimum Gasteiger partial charge on any atom is -0.748 e. The van der Waals surface area contributed by atoms with Crippen LogP contribution in [0, 0.1) is 62.3 Å². The molecule has 22 heteroatoms. The Kier molecular flexibility index (Phi) is 29.8. The predicted octanol–water partition coefficient (Wildman–Crippen LogP) is 9.73. The summed E-state index contributed by atoms with van der Waals surface area (Å²) in [6, 6.07) is 58.8. The molecule has 491 valence electrons. The van der Waals surface area contributed by atoms with Gasteiger partial charge in [-0.15, -0.1) is 11.6 Å². The van der Waals surface area contributed by atoms with Crippen molar-refractivity contribution < 1.29 is 124 Å². The normalized spacial score (nSPS) is 11.6. The van der Waals surface area contributed by atoms with Crippen molar-refractivity contribution in [3.05, 3.63) is 284 Å². The average Bonchev–Trinajstić information content (AvgIpc) is 0.764. The Labute approximate surface area is 619 Å². The van der Waals surface area contributed by atoms with Gasteiger partial charge in [-0.3, -0.25) is 23.8 Å². The summed E-state index contributed by atoms with van der Waals surface area (Å²) in [6.07, 6.45) is 0. The molecule has 0 saturated carbocycles. The summed E-state index contributed by atoms with van der Waals surface area (Å²) < 4.78 is 108. The van der Waals surface area contributed by atoms with Gasteiger partial charge in [0.15, 0.2) is 0 Å². The Morgan fingerprint density at radius 3 is 0.863 bits per heavy atom. The van der Waals surface area contributed by atoms with E-state index in [-0.39, 0.29) is 107 Å². The van der Waals surface area contributed by atoms with E-state index in [0.29, 0.717) is 76.7 Å². The van der Waals surface area contributed by atoms with Gasteiger partial charge < -0.3 is 24.0 Å². The SMILES string of the molecule is Cc1cc(C)c(C(=O)P(=O)(c2ccccc2)c2ccccc2)c(C)c1CCl.Cc1cc(C)c(C(=O)P(=O)(c2ccccc2)c2ccccc2)c(C)c1CN(CCS(=O)(=O)[O-])Cc1c(C)cc(C)c(C(=O)P(=O)(c2ccccc2)c2ccccc2)c1C.NCCS(=O)(=O)O.[K+].[V]. The molecule has 0 amide bonds. The van der Waals surface area contributed by atoms with Crippen LogP contribution >= 0.6 is 33.0 Å². The van der Waals surface area contributed by atoms with Gasteiger partial charge in [-0.2, -0.15) is 8.42 Å². The summed E-state index contributed by atoms with van der Waals surface area (Å²) >= 11 is 6.13. The third-order valence-electron chi connectivity index (χ3n) is 16.5. The zero-order chi connectivity index (χ0) is 68.2. The van der Waals surface area contributed by atoms with E-state index in [1.54, 1.807) is 121 Å². The smallest absolute Gasteiger partial charge is 0.748 e. The summed E-state index contributed by atoms with van der Waals surface area (Å²) in [5, 5.41) is 2.76. The van der Waals surface area contributed by atoms with Gasteiger partial charge in [-0.05, 0) is 129 Å². The number of carbonyl (C=O) groups is 3. The van der Waals surface area contributed by atoms with Crippen molar-refractivity contribution in [3.63, 3.8) is 0 Å². The van der Waals surface area contributed by atoms with Crippen LogP contribution in [0.2, 0.25) is 0 Å². The van der Waals surface area contributed by atoms with Gasteiger partial charge in [-0.25, -0.2) is 8.42 Å². The zero-order valence-corrected chi connectivity index (χ0v) is 64.5. The zero-order valence-electron chi connectivity index (χ0n) is 54.9. The molecule has 0 spiro atoms. The summed E-state index contributed by atoms with van der Waals surface area (Å²) in [7, 11) is -19.7. The number of alkyl halides is 1. The van der Waals surface area contributed by atoms with E-state index in [2.05, 4.69) is 0 Å². The maximum atomic E-state index is 15.2. The first-order chi connectivity index (χ1) is 43.9. The van der Waals surface area contributed by atoms with Crippen LogP contribution in [-0.2, 0) is 71.5 Å². The molecule has 14 nitrogen and oxygen atoms in total. The fraction of sp³-hybridized carbons (Fsp3) is 0.219. The van der Waals surface area contributed by atoms with E-state index in [4.69, 9.17) is 21.9 Å². The second-order valence-corrected chi connectivity index (χ2v) is 34.2. The molecular formula is C73H77ClKN2O12P3S2V. The molecule has 3 N–H and O–H groups in total. The van der Waals surface area contributed by atoms with Gasteiger partial charge >= 0.3 is 51.4 Å². The van der Waals surface area contributed by atoms with Crippen molar-refractivity contribution in [3.8, 4) is 0 Å². The molecule has 0 saturated heterocycles. The van der Waals surface area contributed by atoms with Crippen LogP contribution in [0.1, 0.15) is 97.8 Å². The van der Waals surface area contributed by atoms with E-state index in [1.807, 2.05) is 146 Å². The number of nitrogens with zero attached hydrogens (tertiary/aromatic N) is 1. The van der Waals surface area contributed by atoms with Crippen molar-refractivity contribution >= 4 is 102 Å². The first-order valence-electron chi connectivity index (χ1n) is 29.9. The molecule has 0 aromatic heterocycles. The van der Waals surface area contributed by atoms with Crippen molar-refractivity contribution in [1.82, 2.24) is 4.90 Å². The molecule has 9 aromatic carbocycles. The number of hydrogen-bond donors (Lipinski definition) is 2. The first kappa shape index (κ1) is 80.6. The summed E-state index contributed by atoms with van der Waals surface area (Å²) in [4.78, 5) is 45.3. The monoisotopic (exact) mass is 1460 g/mol. The first-order valence-corrected chi connectivity index (χ1v) is 38.7. The molecule has 9 rings (SSSR count). The third-order valence-corrected chi connectivity index (χ3v) is 26.8. The number of aryl methyl sites for hydroxylation is 6. The standard InChI is InChI=1S/C48H49NO7P2S.C23H22ClO2P.C2H7NO3S.K.V/c1-33-29-35(3)45(47(50)57(52,39-19-11-7-12-20-39)40-21-13-8-14-22-40)37(5)43(33)31-49(27-28-59(54,55)56)32-44-34(2)30-36(4)46(38(44)6)48(51)58(53,41-23-15-9-16-24-41)42-25-17-10-18-26-42;1-16-14-17(2)22(18(3)21(16)15-24)23(25)27(26,19-10-6-4-7-11-19)20-12-8-5-9-13-20;3-1-2-7(4,5)6;;/h7-26,29-30H,27-28,31-32H2,1-6H3,(H,54,55,56);4-14H,15H2,1-3H3;1-3H2,(H,4,5,6);;/q;;;+1;/p-1. The Balaban J connectivity index is 0.000000375. The van der Waals surface area contributed by atoms with E-state index >= 15 is 9.13 Å². The van der Waals surface area contributed by atoms with Gasteiger partial charge in [0.1, 0.15) is 0 Å². The maximum absolute atomic E-state index is 15.2. The predicted molar refractivity (Wildman–Crippen MR) is 378 cm³/mol. The molecule has 0 unspecified atom stereocenters. The van der Waals surface area contributed by atoms with E-state index in [1.165, 1.54) is 0 Å². The van der Waals surface area contributed by atoms with E-state index in [0.717, 1.165) is 44.5 Å². The largest absolute Gasteiger partial charge is 1.00 e. The van der Waals surface area contributed by atoms with Gasteiger partial charge in [0.25, 0.3) is 10.1 Å². The number of rotatable bonds is 22. The molecule has 0 fully saturated rings. The molecule has 0 heterocycles. The second-order valence-electron chi connectivity index (χ2n) is 22.9. The van der Waals surface area contributed by atoms with E-state index < -0.39 is 58.5 Å². The molecule has 0 atom stereocenters. The Morgan fingerprint density at radius 1 is 0.432 bits per heavy atom. The minimum atomic E-state index is -4.64. The van der Waals surface area contributed by atoms with Crippen LogP contribution in [0.4, 0.5) is 0 Å². The van der Waals surface area contributed by atoms with Crippen molar-refractivity contribution in [1.29, 1.82) is 0 Å². The molecule has 9 aromatic rings. The van der Waals surface area contributed by atoms with Crippen LogP contribution in [0.5, 0.6) is 0 Å². The van der Waals surface area contributed by atoms with E-state index in [9.17, 15) is 40.3 Å². The van der Waals surface area contributed by atoms with Crippen molar-refractivity contribution in [2.45, 2.75) is 81.3 Å². The fourth-order valence-electron chi connectivity index (χ4n) is 11.9. The quantitative estimate of drug-likeness (QED) is 0.0278. The average molecular weight is 1460 g/mol. The van der Waals surface area contributed by atoms with Gasteiger partial charge in [0, 0.05) is 99.1 Å². The van der Waals surface area contributed by atoms with Crippen LogP contribution in [0.15, 0.2) is 200 Å². The summed E-state index contributed by atoms with van der Waals surface area (Å²) in [5.41, 5.74) is 13.9. The molecule has 0 bridgehead atoms. The van der Waals surface area contributed by atoms with Gasteiger partial charge in [0.05, 0.1) is 21.6 Å². The van der Waals surface area contributed by atoms with Crippen LogP contribution in [0.25, 0.3) is 0 Å². The minimum absolute atomic E-state index is 0. The Bertz CT molecular complexity index is 4300. The number of halogens is 1. The van der Waals surface area contributed by atoms with Crippen LogP contribution in [0.3, 0.4) is 0 Å². The van der Waals surface area contributed by atoms with Gasteiger partial charge in [-0.1, -0.05) is 200 Å². The van der Waals surface area contributed by atoms with Crippen molar-refractivity contribution in [2.75, 3.05) is 24.6 Å². The molecule has 0 aliphatic heterocycles. The van der Waals surface area contributed by atoms with Gasteiger partial charge in [0.2, 0.25) is 38.0 Å². The summed E-state index contributed by atoms with van der Waals surface area (Å²) in [5.74, 6) is -0.709.